The second kappa shape index (κ2) is 9.67. The first-order valence-electron chi connectivity index (χ1n) is 10.9. The second-order valence-electron chi connectivity index (χ2n) is 8.28. The summed E-state index contributed by atoms with van der Waals surface area (Å²) in [6.45, 7) is 2.66. The second-order valence-corrected chi connectivity index (χ2v) is 10.2. The number of hydrogen-bond donors (Lipinski definition) is 1. The summed E-state index contributed by atoms with van der Waals surface area (Å²) in [6, 6.07) is 26.1. The van der Waals surface area contributed by atoms with E-state index in [1.165, 1.54) is 4.31 Å². The minimum absolute atomic E-state index is 0.118. The van der Waals surface area contributed by atoms with Gasteiger partial charge in [-0.1, -0.05) is 78.4 Å². The van der Waals surface area contributed by atoms with Crippen LogP contribution >= 0.6 is 0 Å². The van der Waals surface area contributed by atoms with Crippen molar-refractivity contribution >= 4 is 15.9 Å². The van der Waals surface area contributed by atoms with Gasteiger partial charge in [0.25, 0.3) is 0 Å². The van der Waals surface area contributed by atoms with Crippen LogP contribution in [0.25, 0.3) is 0 Å². The van der Waals surface area contributed by atoms with E-state index in [0.29, 0.717) is 19.4 Å². The Hall–Kier alpha value is -2.96. The van der Waals surface area contributed by atoms with E-state index in [4.69, 9.17) is 0 Å². The maximum Gasteiger partial charge on any atom is 0.243 e. The lowest BCUT2D eigenvalue weighted by Gasteiger charge is -2.32. The lowest BCUT2D eigenvalue weighted by Crippen LogP contribution is -2.46. The minimum Gasteiger partial charge on any atom is -0.345 e. The number of nitrogens with one attached hydrogen (secondary N) is 1. The predicted molar refractivity (Wildman–Crippen MR) is 126 cm³/mol. The van der Waals surface area contributed by atoms with Gasteiger partial charge in [-0.2, -0.15) is 4.31 Å². The Balaban J connectivity index is 1.54. The largest absolute Gasteiger partial charge is 0.345 e. The van der Waals surface area contributed by atoms with Crippen LogP contribution in [0.3, 0.4) is 0 Å². The fraction of sp³-hybridized carbons (Fsp3) is 0.269. The average molecular weight is 449 g/mol. The van der Waals surface area contributed by atoms with Crippen LogP contribution in [0.4, 0.5) is 0 Å². The molecular weight excluding hydrogens is 420 g/mol. The Morgan fingerprint density at radius 2 is 1.50 bits per heavy atom. The molecule has 4 rings (SSSR count). The molecule has 1 saturated heterocycles. The highest BCUT2D eigenvalue weighted by Crippen LogP contribution is 2.27. The summed E-state index contributed by atoms with van der Waals surface area (Å²) < 4.78 is 27.5. The van der Waals surface area contributed by atoms with Crippen molar-refractivity contribution in [3.8, 4) is 0 Å². The molecule has 1 amide bonds. The lowest BCUT2D eigenvalue weighted by atomic mass is 9.94. The van der Waals surface area contributed by atoms with Crippen LogP contribution in [0, 0.1) is 12.8 Å². The van der Waals surface area contributed by atoms with Gasteiger partial charge in [-0.05, 0) is 43.0 Å². The van der Waals surface area contributed by atoms with E-state index < -0.39 is 10.0 Å². The van der Waals surface area contributed by atoms with Crippen molar-refractivity contribution in [1.82, 2.24) is 9.62 Å². The Morgan fingerprint density at radius 3 is 2.16 bits per heavy atom. The Bertz CT molecular complexity index is 1150. The molecule has 6 heteroatoms. The smallest absolute Gasteiger partial charge is 0.243 e. The van der Waals surface area contributed by atoms with Gasteiger partial charge in [-0.25, -0.2) is 8.42 Å². The van der Waals surface area contributed by atoms with Crippen molar-refractivity contribution in [2.75, 3.05) is 13.1 Å². The molecule has 3 aromatic rings. The van der Waals surface area contributed by atoms with Crippen molar-refractivity contribution < 1.29 is 13.2 Å². The van der Waals surface area contributed by atoms with Crippen molar-refractivity contribution in [2.45, 2.75) is 30.7 Å². The van der Waals surface area contributed by atoms with Crippen LogP contribution in [0.5, 0.6) is 0 Å². The summed E-state index contributed by atoms with van der Waals surface area (Å²) in [5.41, 5.74) is 3.15. The zero-order valence-electron chi connectivity index (χ0n) is 18.1. The Kier molecular flexibility index (Phi) is 6.72. The molecule has 0 aromatic heterocycles. The normalized spacial score (nSPS) is 18.1. The first-order valence-corrected chi connectivity index (χ1v) is 12.4. The van der Waals surface area contributed by atoms with E-state index in [2.05, 4.69) is 5.32 Å². The molecule has 1 N–H and O–H groups in total. The molecule has 3 aromatic carbocycles. The third-order valence-electron chi connectivity index (χ3n) is 5.97. The van der Waals surface area contributed by atoms with E-state index in [9.17, 15) is 13.2 Å². The van der Waals surface area contributed by atoms with E-state index >= 15 is 0 Å². The molecule has 0 spiro atoms. The lowest BCUT2D eigenvalue weighted by molar-refractivity contribution is -0.126. The van der Waals surface area contributed by atoms with Gasteiger partial charge >= 0.3 is 0 Å². The molecular formula is C26H28N2O3S. The highest BCUT2D eigenvalue weighted by atomic mass is 32.2. The van der Waals surface area contributed by atoms with Crippen molar-refractivity contribution in [3.05, 3.63) is 102 Å². The molecule has 0 aliphatic carbocycles. The summed E-state index contributed by atoms with van der Waals surface area (Å²) in [6.07, 6.45) is 1.33. The summed E-state index contributed by atoms with van der Waals surface area (Å²) in [7, 11) is -3.61. The fourth-order valence-electron chi connectivity index (χ4n) is 4.14. The maximum atomic E-state index is 13.3. The van der Waals surface area contributed by atoms with Crippen LogP contribution in [-0.2, 0) is 14.8 Å². The van der Waals surface area contributed by atoms with E-state index in [-0.39, 0.29) is 29.3 Å². The quantitative estimate of drug-likeness (QED) is 0.611. The number of sulfonamides is 1. The third kappa shape index (κ3) is 4.92. The van der Waals surface area contributed by atoms with Gasteiger partial charge in [-0.3, -0.25) is 4.79 Å². The van der Waals surface area contributed by atoms with Gasteiger partial charge in [0.1, 0.15) is 0 Å². The molecule has 1 heterocycles. The van der Waals surface area contributed by atoms with Gasteiger partial charge in [0, 0.05) is 13.1 Å². The Morgan fingerprint density at radius 1 is 0.906 bits per heavy atom. The number of piperidine rings is 1. The Labute approximate surface area is 190 Å². The van der Waals surface area contributed by atoms with Crippen LogP contribution in [0.15, 0.2) is 89.8 Å². The molecule has 1 aliphatic rings. The molecule has 166 valence electrons. The van der Waals surface area contributed by atoms with Gasteiger partial charge in [0.2, 0.25) is 15.9 Å². The van der Waals surface area contributed by atoms with E-state index in [1.54, 1.807) is 30.3 Å². The van der Waals surface area contributed by atoms with Crippen molar-refractivity contribution in [1.29, 1.82) is 0 Å². The van der Waals surface area contributed by atoms with E-state index in [0.717, 1.165) is 16.7 Å². The SMILES string of the molecule is Cc1ccc([C@@H](NC(=O)[C@@H]2CCCN(S(=O)(=O)c3ccccc3)C2)c2ccccc2)cc1. The van der Waals surface area contributed by atoms with Crippen LogP contribution < -0.4 is 5.32 Å². The number of aryl methyl sites for hydroxylation is 1. The maximum absolute atomic E-state index is 13.3. The predicted octanol–water partition coefficient (Wildman–Crippen LogP) is 4.30. The summed E-state index contributed by atoms with van der Waals surface area (Å²) in [5, 5.41) is 3.19. The van der Waals surface area contributed by atoms with Crippen LogP contribution in [0.1, 0.15) is 35.6 Å². The first-order chi connectivity index (χ1) is 15.4. The molecule has 1 fully saturated rings. The molecule has 1 aliphatic heterocycles. The number of carbonyl (C=O) groups is 1. The van der Waals surface area contributed by atoms with Gasteiger partial charge in [0.05, 0.1) is 16.9 Å². The van der Waals surface area contributed by atoms with Crippen LogP contribution in [0.2, 0.25) is 0 Å². The van der Waals surface area contributed by atoms with Crippen molar-refractivity contribution in [3.63, 3.8) is 0 Å². The van der Waals surface area contributed by atoms with Crippen LogP contribution in [-0.4, -0.2) is 31.7 Å². The topological polar surface area (TPSA) is 66.5 Å². The minimum atomic E-state index is -3.61. The molecule has 5 nitrogen and oxygen atoms in total. The molecule has 0 bridgehead atoms. The highest BCUT2D eigenvalue weighted by molar-refractivity contribution is 7.89. The number of benzene rings is 3. The first kappa shape index (κ1) is 22.2. The number of amides is 1. The summed E-state index contributed by atoms with van der Waals surface area (Å²) in [4.78, 5) is 13.6. The fourth-order valence-corrected chi connectivity index (χ4v) is 5.68. The van der Waals surface area contributed by atoms with Crippen molar-refractivity contribution in [2.24, 2.45) is 5.92 Å². The summed E-state index contributed by atoms with van der Waals surface area (Å²) in [5.74, 6) is -0.508. The average Bonchev–Trinajstić information content (AvgIpc) is 2.84. The highest BCUT2D eigenvalue weighted by Gasteiger charge is 2.34. The number of hydrogen-bond acceptors (Lipinski definition) is 3. The van der Waals surface area contributed by atoms with Gasteiger partial charge in [0.15, 0.2) is 0 Å². The number of rotatable bonds is 6. The monoisotopic (exact) mass is 448 g/mol. The standard InChI is InChI=1S/C26H28N2O3S/c1-20-14-16-22(17-15-20)25(21-9-4-2-5-10-21)27-26(29)23-11-8-18-28(19-23)32(30,31)24-12-6-3-7-13-24/h2-7,9-10,12-17,23,25H,8,11,18-19H2,1H3,(H,27,29)/t23-,25+/m1/s1. The van der Waals surface area contributed by atoms with E-state index in [1.807, 2.05) is 61.5 Å². The van der Waals surface area contributed by atoms with Gasteiger partial charge in [-0.15, -0.1) is 0 Å². The zero-order valence-corrected chi connectivity index (χ0v) is 19.0. The molecule has 2 atom stereocenters. The molecule has 0 radical (unpaired) electrons. The number of nitrogens with zero attached hydrogens (tertiary/aromatic N) is 1. The molecule has 0 saturated carbocycles. The third-order valence-corrected chi connectivity index (χ3v) is 7.85. The number of carbonyl (C=O) groups excluding carboxylic acids is 1. The van der Waals surface area contributed by atoms with Gasteiger partial charge < -0.3 is 5.32 Å². The summed E-state index contributed by atoms with van der Waals surface area (Å²) >= 11 is 0. The molecule has 32 heavy (non-hydrogen) atoms. The zero-order chi connectivity index (χ0) is 22.6. The molecule has 0 unspecified atom stereocenters.